The Labute approximate surface area is 182 Å². The SMILES string of the molecule is CCOC(=O)c1c(/C=C/C(=O)N(C)CC(=O)Nc2cc(C)ccn2)c(C)n(CC)c1C. The van der Waals surface area contributed by atoms with Gasteiger partial charge in [0.25, 0.3) is 0 Å². The lowest BCUT2D eigenvalue weighted by molar-refractivity contribution is -0.129. The number of hydrogen-bond donors (Lipinski definition) is 1. The average Bonchev–Trinajstić information content (AvgIpc) is 2.95. The second kappa shape index (κ2) is 10.6. The quantitative estimate of drug-likeness (QED) is 0.517. The van der Waals surface area contributed by atoms with Crippen LogP contribution in [0.15, 0.2) is 24.4 Å². The number of hydrogen-bond acceptors (Lipinski definition) is 5. The molecule has 0 bridgehead atoms. The van der Waals surface area contributed by atoms with Gasteiger partial charge in [-0.15, -0.1) is 0 Å². The van der Waals surface area contributed by atoms with E-state index in [-0.39, 0.29) is 25.0 Å². The predicted octanol–water partition coefficient (Wildman–Crippen LogP) is 3.12. The van der Waals surface area contributed by atoms with Gasteiger partial charge < -0.3 is 19.5 Å². The molecule has 0 spiro atoms. The second-order valence-corrected chi connectivity index (χ2v) is 7.22. The average molecular weight is 427 g/mol. The lowest BCUT2D eigenvalue weighted by Gasteiger charge is -2.14. The Kier molecular flexibility index (Phi) is 8.13. The number of anilines is 1. The van der Waals surface area contributed by atoms with Crippen LogP contribution in [0.4, 0.5) is 5.82 Å². The number of amides is 2. The van der Waals surface area contributed by atoms with Crippen molar-refractivity contribution in [2.24, 2.45) is 0 Å². The number of aryl methyl sites for hydroxylation is 1. The van der Waals surface area contributed by atoms with Crippen LogP contribution in [0.2, 0.25) is 0 Å². The topological polar surface area (TPSA) is 93.5 Å². The minimum absolute atomic E-state index is 0.127. The molecule has 0 aromatic carbocycles. The van der Waals surface area contributed by atoms with Gasteiger partial charge in [0.15, 0.2) is 0 Å². The van der Waals surface area contributed by atoms with Crippen LogP contribution in [-0.2, 0) is 20.9 Å². The summed E-state index contributed by atoms with van der Waals surface area (Å²) >= 11 is 0. The third-order valence-electron chi connectivity index (χ3n) is 4.96. The summed E-state index contributed by atoms with van der Waals surface area (Å²) in [4.78, 5) is 42.6. The van der Waals surface area contributed by atoms with E-state index in [1.165, 1.54) is 18.0 Å². The zero-order valence-electron chi connectivity index (χ0n) is 19.0. The van der Waals surface area contributed by atoms with Crippen molar-refractivity contribution in [3.05, 3.63) is 52.5 Å². The van der Waals surface area contributed by atoms with Crippen molar-refractivity contribution >= 4 is 29.7 Å². The Bertz CT molecular complexity index is 1010. The van der Waals surface area contributed by atoms with E-state index in [1.807, 2.05) is 38.3 Å². The molecule has 2 rings (SSSR count). The molecule has 1 N–H and O–H groups in total. The first-order valence-corrected chi connectivity index (χ1v) is 10.2. The summed E-state index contributed by atoms with van der Waals surface area (Å²) in [5.41, 5.74) is 3.74. The van der Waals surface area contributed by atoms with Gasteiger partial charge in [-0.1, -0.05) is 0 Å². The highest BCUT2D eigenvalue weighted by Gasteiger charge is 2.22. The Morgan fingerprint density at radius 1 is 1.19 bits per heavy atom. The molecule has 166 valence electrons. The Morgan fingerprint density at radius 3 is 2.52 bits per heavy atom. The van der Waals surface area contributed by atoms with E-state index in [0.29, 0.717) is 23.5 Å². The maximum atomic E-state index is 12.6. The largest absolute Gasteiger partial charge is 0.462 e. The first-order chi connectivity index (χ1) is 14.7. The van der Waals surface area contributed by atoms with Gasteiger partial charge in [-0.3, -0.25) is 9.59 Å². The highest BCUT2D eigenvalue weighted by atomic mass is 16.5. The van der Waals surface area contributed by atoms with Crippen molar-refractivity contribution in [1.82, 2.24) is 14.5 Å². The van der Waals surface area contributed by atoms with Gasteiger partial charge in [-0.2, -0.15) is 0 Å². The second-order valence-electron chi connectivity index (χ2n) is 7.22. The number of nitrogens with zero attached hydrogens (tertiary/aromatic N) is 3. The highest BCUT2D eigenvalue weighted by Crippen LogP contribution is 2.25. The first-order valence-electron chi connectivity index (χ1n) is 10.2. The van der Waals surface area contributed by atoms with Crippen molar-refractivity contribution in [3.63, 3.8) is 0 Å². The van der Waals surface area contributed by atoms with Crippen molar-refractivity contribution in [2.75, 3.05) is 25.5 Å². The van der Waals surface area contributed by atoms with E-state index in [1.54, 1.807) is 25.3 Å². The zero-order valence-corrected chi connectivity index (χ0v) is 19.0. The lowest BCUT2D eigenvalue weighted by Crippen LogP contribution is -2.34. The number of esters is 1. The molecular weight excluding hydrogens is 396 g/mol. The van der Waals surface area contributed by atoms with Gasteiger partial charge in [0.1, 0.15) is 5.82 Å². The molecular formula is C23H30N4O4. The number of aromatic nitrogens is 2. The monoisotopic (exact) mass is 426 g/mol. The molecule has 8 heteroatoms. The fourth-order valence-electron chi connectivity index (χ4n) is 3.41. The van der Waals surface area contributed by atoms with Crippen LogP contribution in [0, 0.1) is 20.8 Å². The van der Waals surface area contributed by atoms with Crippen molar-refractivity contribution in [3.8, 4) is 0 Å². The maximum Gasteiger partial charge on any atom is 0.340 e. The van der Waals surface area contributed by atoms with E-state index >= 15 is 0 Å². The molecule has 0 radical (unpaired) electrons. The fourth-order valence-corrected chi connectivity index (χ4v) is 3.41. The van der Waals surface area contributed by atoms with Crippen molar-refractivity contribution in [1.29, 1.82) is 0 Å². The van der Waals surface area contributed by atoms with Gasteiger partial charge in [0, 0.05) is 42.8 Å². The van der Waals surface area contributed by atoms with Gasteiger partial charge in [-0.25, -0.2) is 9.78 Å². The summed E-state index contributed by atoms with van der Waals surface area (Å²) in [6.07, 6.45) is 4.58. The van der Waals surface area contributed by atoms with Gasteiger partial charge in [-0.05, 0) is 58.4 Å². The summed E-state index contributed by atoms with van der Waals surface area (Å²) in [6, 6.07) is 3.58. The number of pyridine rings is 1. The van der Waals surface area contributed by atoms with Crippen LogP contribution in [0.25, 0.3) is 6.08 Å². The third kappa shape index (κ3) is 5.81. The van der Waals surface area contributed by atoms with Gasteiger partial charge >= 0.3 is 5.97 Å². The Balaban J connectivity index is 2.14. The smallest absolute Gasteiger partial charge is 0.340 e. The van der Waals surface area contributed by atoms with E-state index in [9.17, 15) is 14.4 Å². The molecule has 2 aromatic rings. The Morgan fingerprint density at radius 2 is 1.90 bits per heavy atom. The lowest BCUT2D eigenvalue weighted by atomic mass is 10.1. The number of likely N-dealkylation sites (N-methyl/N-ethyl adjacent to an activating group) is 1. The Hall–Kier alpha value is -3.42. The molecule has 2 aromatic heterocycles. The highest BCUT2D eigenvalue weighted by molar-refractivity contribution is 6.00. The first kappa shape index (κ1) is 23.9. The van der Waals surface area contributed by atoms with Crippen LogP contribution in [0.1, 0.15) is 46.7 Å². The van der Waals surface area contributed by atoms with Crippen molar-refractivity contribution in [2.45, 2.75) is 41.2 Å². The van der Waals surface area contributed by atoms with E-state index in [2.05, 4.69) is 10.3 Å². The molecule has 0 aliphatic carbocycles. The molecule has 2 amide bonds. The molecule has 0 saturated heterocycles. The van der Waals surface area contributed by atoms with Gasteiger partial charge in [0.05, 0.1) is 18.7 Å². The van der Waals surface area contributed by atoms with E-state index in [0.717, 1.165) is 17.0 Å². The number of carbonyl (C=O) groups is 3. The predicted molar refractivity (Wildman–Crippen MR) is 120 cm³/mol. The molecule has 0 fully saturated rings. The molecule has 2 heterocycles. The fraction of sp³-hybridized carbons (Fsp3) is 0.391. The summed E-state index contributed by atoms with van der Waals surface area (Å²) in [5.74, 6) is -0.685. The van der Waals surface area contributed by atoms with Crippen LogP contribution < -0.4 is 5.32 Å². The van der Waals surface area contributed by atoms with E-state index < -0.39 is 5.97 Å². The zero-order chi connectivity index (χ0) is 23.1. The number of nitrogens with one attached hydrogen (secondary N) is 1. The minimum Gasteiger partial charge on any atom is -0.462 e. The normalized spacial score (nSPS) is 10.9. The maximum absolute atomic E-state index is 12.6. The standard InChI is InChI=1S/C23H30N4O4/c1-7-27-16(4)18(22(17(27)5)23(30)31-8-2)9-10-21(29)26(6)14-20(28)25-19-13-15(3)11-12-24-19/h9-13H,7-8,14H2,1-6H3,(H,24,25,28)/b10-9+. The van der Waals surface area contributed by atoms with Crippen molar-refractivity contribution < 1.29 is 19.1 Å². The molecule has 0 aliphatic heterocycles. The van der Waals surface area contributed by atoms with Crippen LogP contribution in [-0.4, -0.2) is 52.4 Å². The summed E-state index contributed by atoms with van der Waals surface area (Å²) in [5, 5.41) is 2.68. The summed E-state index contributed by atoms with van der Waals surface area (Å²) in [7, 11) is 1.54. The number of carbonyl (C=O) groups excluding carboxylic acids is 3. The van der Waals surface area contributed by atoms with E-state index in [4.69, 9.17) is 4.74 Å². The molecule has 31 heavy (non-hydrogen) atoms. The molecule has 0 atom stereocenters. The third-order valence-corrected chi connectivity index (χ3v) is 4.96. The molecule has 0 unspecified atom stereocenters. The number of ether oxygens (including phenoxy) is 1. The van der Waals surface area contributed by atoms with Crippen LogP contribution in [0.3, 0.4) is 0 Å². The van der Waals surface area contributed by atoms with Crippen LogP contribution in [0.5, 0.6) is 0 Å². The minimum atomic E-state index is -0.416. The molecule has 0 saturated carbocycles. The summed E-state index contributed by atoms with van der Waals surface area (Å²) in [6.45, 7) is 10.2. The summed E-state index contributed by atoms with van der Waals surface area (Å²) < 4.78 is 7.20. The number of rotatable bonds is 8. The molecule has 0 aliphatic rings. The van der Waals surface area contributed by atoms with Gasteiger partial charge in [0.2, 0.25) is 11.8 Å². The van der Waals surface area contributed by atoms with Crippen LogP contribution >= 0.6 is 0 Å². The molecule has 8 nitrogen and oxygen atoms in total.